The van der Waals surface area contributed by atoms with Gasteiger partial charge in [0.15, 0.2) is 5.78 Å². The lowest BCUT2D eigenvalue weighted by molar-refractivity contribution is -0.118. The van der Waals surface area contributed by atoms with Crippen LogP contribution in [0.2, 0.25) is 0 Å². The highest BCUT2D eigenvalue weighted by Crippen LogP contribution is 2.13. The molecule has 1 amide bonds. The van der Waals surface area contributed by atoms with Gasteiger partial charge in [-0.1, -0.05) is 33.8 Å². The van der Waals surface area contributed by atoms with Gasteiger partial charge >= 0.3 is 6.03 Å². The Morgan fingerprint density at radius 2 is 2.10 bits per heavy atom. The van der Waals surface area contributed by atoms with E-state index in [4.69, 9.17) is 0 Å². The average Bonchev–Trinajstić information content (AvgIpc) is 2.94. The van der Waals surface area contributed by atoms with Gasteiger partial charge in [-0.15, -0.1) is 0 Å². The van der Waals surface area contributed by atoms with Crippen LogP contribution in [-0.2, 0) is 4.79 Å². The molecule has 0 spiro atoms. The monoisotopic (exact) mass is 277 g/mol. The summed E-state index contributed by atoms with van der Waals surface area (Å²) in [5.41, 5.74) is 0.580. The van der Waals surface area contributed by atoms with Crippen LogP contribution >= 0.6 is 0 Å². The Hall–Kier alpha value is -1.91. The summed E-state index contributed by atoms with van der Waals surface area (Å²) < 4.78 is 1.32. The van der Waals surface area contributed by atoms with E-state index in [0.717, 1.165) is 12.8 Å². The zero-order valence-electron chi connectivity index (χ0n) is 12.4. The first-order chi connectivity index (χ1) is 9.47. The van der Waals surface area contributed by atoms with Crippen LogP contribution in [0, 0.1) is 5.92 Å². The van der Waals surface area contributed by atoms with Crippen molar-refractivity contribution in [3.63, 3.8) is 0 Å². The molecular formula is C15H23N3O2. The molecule has 1 N–H and O–H groups in total. The molecule has 0 radical (unpaired) electrons. The third-order valence-corrected chi connectivity index (χ3v) is 3.15. The zero-order valence-corrected chi connectivity index (χ0v) is 12.4. The van der Waals surface area contributed by atoms with Crippen molar-refractivity contribution >= 4 is 11.8 Å². The number of hydrogen-bond donors (Lipinski definition) is 1. The molecular weight excluding hydrogens is 254 g/mol. The molecule has 0 aliphatic carbocycles. The molecule has 0 bridgehead atoms. The topological polar surface area (TPSA) is 64.0 Å². The van der Waals surface area contributed by atoms with Crippen molar-refractivity contribution < 1.29 is 9.59 Å². The second-order valence-electron chi connectivity index (χ2n) is 5.21. The molecule has 20 heavy (non-hydrogen) atoms. The SMILES string of the molecule is C=C(CCCC)C(=O)[C@@H](NC(=O)n1ccnc1)C(C)C. The van der Waals surface area contributed by atoms with Crippen LogP contribution in [0.1, 0.15) is 40.0 Å². The van der Waals surface area contributed by atoms with Crippen LogP contribution in [-0.4, -0.2) is 27.4 Å². The first-order valence-electron chi connectivity index (χ1n) is 6.98. The van der Waals surface area contributed by atoms with Gasteiger partial charge in [0.25, 0.3) is 0 Å². The number of hydrogen-bond acceptors (Lipinski definition) is 3. The van der Waals surface area contributed by atoms with E-state index in [1.165, 1.54) is 17.1 Å². The van der Waals surface area contributed by atoms with Gasteiger partial charge in [-0.25, -0.2) is 9.78 Å². The maximum Gasteiger partial charge on any atom is 0.327 e. The Morgan fingerprint density at radius 3 is 2.60 bits per heavy atom. The van der Waals surface area contributed by atoms with Crippen molar-refractivity contribution in [1.82, 2.24) is 14.9 Å². The molecule has 0 fully saturated rings. The molecule has 0 unspecified atom stereocenters. The lowest BCUT2D eigenvalue weighted by Gasteiger charge is -2.22. The van der Waals surface area contributed by atoms with Crippen molar-refractivity contribution in [1.29, 1.82) is 0 Å². The van der Waals surface area contributed by atoms with Crippen LogP contribution in [0.15, 0.2) is 30.9 Å². The molecule has 0 saturated carbocycles. The number of nitrogens with zero attached hydrogens (tertiary/aromatic N) is 2. The second kappa shape index (κ2) is 7.62. The predicted octanol–water partition coefficient (Wildman–Crippen LogP) is 2.78. The number of ketones is 1. The molecule has 1 aromatic rings. The molecule has 1 heterocycles. The number of carbonyl (C=O) groups excluding carboxylic acids is 2. The fourth-order valence-corrected chi connectivity index (χ4v) is 1.86. The summed E-state index contributed by atoms with van der Waals surface area (Å²) in [4.78, 5) is 28.2. The lowest BCUT2D eigenvalue weighted by Crippen LogP contribution is -2.46. The summed E-state index contributed by atoms with van der Waals surface area (Å²) in [6.07, 6.45) is 7.10. The second-order valence-corrected chi connectivity index (χ2v) is 5.21. The number of aromatic nitrogens is 2. The zero-order chi connectivity index (χ0) is 15.1. The summed E-state index contributed by atoms with van der Waals surface area (Å²) in [5, 5.41) is 2.75. The molecule has 1 aromatic heterocycles. The molecule has 0 aromatic carbocycles. The van der Waals surface area contributed by atoms with E-state index in [1.54, 1.807) is 6.20 Å². The Balaban J connectivity index is 2.71. The summed E-state index contributed by atoms with van der Waals surface area (Å²) in [5.74, 6) is -0.0738. The van der Waals surface area contributed by atoms with Crippen LogP contribution < -0.4 is 5.32 Å². The minimum Gasteiger partial charge on any atom is -0.327 e. The number of imidazole rings is 1. The van der Waals surface area contributed by atoms with Gasteiger partial charge in [0.1, 0.15) is 6.33 Å². The molecule has 0 aliphatic heterocycles. The van der Waals surface area contributed by atoms with Gasteiger partial charge in [0.05, 0.1) is 6.04 Å². The Kier molecular flexibility index (Phi) is 6.15. The van der Waals surface area contributed by atoms with E-state index in [2.05, 4.69) is 23.8 Å². The van der Waals surface area contributed by atoms with Crippen LogP contribution in [0.3, 0.4) is 0 Å². The van der Waals surface area contributed by atoms with E-state index in [1.807, 2.05) is 13.8 Å². The fraction of sp³-hybridized carbons (Fsp3) is 0.533. The van der Waals surface area contributed by atoms with E-state index >= 15 is 0 Å². The predicted molar refractivity (Wildman–Crippen MR) is 78.5 cm³/mol. The van der Waals surface area contributed by atoms with Gasteiger partial charge in [0.2, 0.25) is 0 Å². The third kappa shape index (κ3) is 4.33. The fourth-order valence-electron chi connectivity index (χ4n) is 1.86. The number of amides is 1. The van der Waals surface area contributed by atoms with E-state index < -0.39 is 6.04 Å². The molecule has 5 heteroatoms. The number of nitrogens with one attached hydrogen (secondary N) is 1. The molecule has 110 valence electrons. The standard InChI is InChI=1S/C15H23N3O2/c1-5-6-7-12(4)14(19)13(11(2)3)17-15(20)18-9-8-16-10-18/h8-11,13H,4-7H2,1-3H3,(H,17,20)/t13-/m0/s1. The Labute approximate surface area is 120 Å². The molecule has 5 nitrogen and oxygen atoms in total. The van der Waals surface area contributed by atoms with Crippen molar-refractivity contribution in [2.45, 2.75) is 46.1 Å². The van der Waals surface area contributed by atoms with Crippen LogP contribution in [0.4, 0.5) is 4.79 Å². The number of rotatable bonds is 7. The van der Waals surface area contributed by atoms with Crippen molar-refractivity contribution in [2.24, 2.45) is 5.92 Å². The molecule has 1 atom stereocenters. The van der Waals surface area contributed by atoms with E-state index in [-0.39, 0.29) is 17.7 Å². The lowest BCUT2D eigenvalue weighted by atomic mass is 9.93. The third-order valence-electron chi connectivity index (χ3n) is 3.15. The number of Topliss-reactive ketones (excluding diaryl/α,β-unsaturated/α-hetero) is 1. The van der Waals surface area contributed by atoms with Crippen molar-refractivity contribution in [2.75, 3.05) is 0 Å². The maximum atomic E-state index is 12.4. The summed E-state index contributed by atoms with van der Waals surface area (Å²) in [6, 6.07) is -0.896. The summed E-state index contributed by atoms with van der Waals surface area (Å²) in [6.45, 7) is 9.73. The minimum atomic E-state index is -0.547. The van der Waals surface area contributed by atoms with Gasteiger partial charge in [-0.05, 0) is 24.3 Å². The Morgan fingerprint density at radius 1 is 1.40 bits per heavy atom. The molecule has 0 aliphatic rings. The highest BCUT2D eigenvalue weighted by molar-refractivity contribution is 6.01. The van der Waals surface area contributed by atoms with Gasteiger partial charge in [-0.3, -0.25) is 9.36 Å². The quantitative estimate of drug-likeness (QED) is 0.779. The first-order valence-corrected chi connectivity index (χ1v) is 6.98. The molecule has 1 rings (SSSR count). The molecule has 0 saturated heterocycles. The smallest absolute Gasteiger partial charge is 0.327 e. The van der Waals surface area contributed by atoms with Crippen molar-refractivity contribution in [3.8, 4) is 0 Å². The summed E-state index contributed by atoms with van der Waals surface area (Å²) >= 11 is 0. The number of unbranched alkanes of at least 4 members (excludes halogenated alkanes) is 1. The first kappa shape index (κ1) is 16.1. The highest BCUT2D eigenvalue weighted by atomic mass is 16.2. The Bertz CT molecular complexity index is 463. The number of carbonyl (C=O) groups is 2. The normalized spacial score (nSPS) is 12.2. The largest absolute Gasteiger partial charge is 0.327 e. The van der Waals surface area contributed by atoms with Gasteiger partial charge < -0.3 is 5.32 Å². The average molecular weight is 277 g/mol. The maximum absolute atomic E-state index is 12.4. The minimum absolute atomic E-state index is 0.00773. The van der Waals surface area contributed by atoms with Crippen LogP contribution in [0.25, 0.3) is 0 Å². The van der Waals surface area contributed by atoms with Crippen LogP contribution in [0.5, 0.6) is 0 Å². The van der Waals surface area contributed by atoms with E-state index in [9.17, 15) is 9.59 Å². The highest BCUT2D eigenvalue weighted by Gasteiger charge is 2.26. The summed E-state index contributed by atoms with van der Waals surface area (Å²) in [7, 11) is 0. The van der Waals surface area contributed by atoms with Gasteiger partial charge in [0, 0.05) is 12.4 Å². The van der Waals surface area contributed by atoms with E-state index in [0.29, 0.717) is 12.0 Å². The van der Waals surface area contributed by atoms with Gasteiger partial charge in [-0.2, -0.15) is 0 Å². The van der Waals surface area contributed by atoms with Crippen molar-refractivity contribution in [3.05, 3.63) is 30.9 Å².